The molecule has 0 amide bonds. The quantitative estimate of drug-likeness (QED) is 0.705. The van der Waals surface area contributed by atoms with Crippen molar-refractivity contribution in [3.8, 4) is 11.4 Å². The van der Waals surface area contributed by atoms with E-state index in [0.29, 0.717) is 17.0 Å². The Bertz CT molecular complexity index is 584. The van der Waals surface area contributed by atoms with Gasteiger partial charge < -0.3 is 4.98 Å². The normalized spacial score (nSPS) is 10.2. The Morgan fingerprint density at radius 1 is 1.20 bits per heavy atom. The Hall–Kier alpha value is -2.17. The van der Waals surface area contributed by atoms with Crippen molar-refractivity contribution in [1.82, 2.24) is 15.0 Å². The van der Waals surface area contributed by atoms with E-state index in [1.807, 2.05) is 0 Å². The van der Waals surface area contributed by atoms with E-state index in [1.54, 1.807) is 31.3 Å². The molecule has 0 saturated heterocycles. The zero-order valence-electron chi connectivity index (χ0n) is 8.07. The van der Waals surface area contributed by atoms with Crippen molar-refractivity contribution in [3.63, 3.8) is 0 Å². The Labute approximate surface area is 84.8 Å². The minimum atomic E-state index is -0.522. The highest BCUT2D eigenvalue weighted by Gasteiger charge is 2.06. The zero-order valence-corrected chi connectivity index (χ0v) is 8.07. The number of aromatic amines is 2. The highest BCUT2D eigenvalue weighted by molar-refractivity contribution is 5.56. The first-order valence-electron chi connectivity index (χ1n) is 4.43. The molecule has 5 heteroatoms. The molecule has 0 aliphatic heterocycles. The van der Waals surface area contributed by atoms with Gasteiger partial charge in [0.2, 0.25) is 0 Å². The standard InChI is InChI=1S/C10H9N3O2/c1-6-8(7-4-2-3-5-11-7)12-10(15)13-9(6)14/h2-5H,1H3,(H2,12,13,14,15). The first kappa shape index (κ1) is 9.39. The summed E-state index contributed by atoms with van der Waals surface area (Å²) in [4.78, 5) is 31.2. The van der Waals surface area contributed by atoms with Crippen molar-refractivity contribution < 1.29 is 0 Å². The van der Waals surface area contributed by atoms with Crippen LogP contribution < -0.4 is 11.2 Å². The van der Waals surface area contributed by atoms with Gasteiger partial charge in [-0.15, -0.1) is 0 Å². The van der Waals surface area contributed by atoms with E-state index in [2.05, 4.69) is 15.0 Å². The van der Waals surface area contributed by atoms with Crippen molar-refractivity contribution in [1.29, 1.82) is 0 Å². The summed E-state index contributed by atoms with van der Waals surface area (Å²) in [5.41, 5.74) is 0.585. The lowest BCUT2D eigenvalue weighted by molar-refractivity contribution is 1.01. The second kappa shape index (κ2) is 3.53. The summed E-state index contributed by atoms with van der Waals surface area (Å²) in [6.45, 7) is 1.64. The van der Waals surface area contributed by atoms with Gasteiger partial charge in [0, 0.05) is 11.8 Å². The third-order valence-corrected chi connectivity index (χ3v) is 2.10. The molecule has 0 aliphatic rings. The molecule has 76 valence electrons. The van der Waals surface area contributed by atoms with E-state index in [0.717, 1.165) is 0 Å². The van der Waals surface area contributed by atoms with E-state index < -0.39 is 5.69 Å². The van der Waals surface area contributed by atoms with Gasteiger partial charge in [-0.2, -0.15) is 0 Å². The lowest BCUT2D eigenvalue weighted by atomic mass is 10.2. The molecule has 0 fully saturated rings. The van der Waals surface area contributed by atoms with Crippen LogP contribution in [0.15, 0.2) is 34.0 Å². The summed E-state index contributed by atoms with van der Waals surface area (Å²) in [6, 6.07) is 5.29. The van der Waals surface area contributed by atoms with Crippen LogP contribution in [0.4, 0.5) is 0 Å². The van der Waals surface area contributed by atoms with Crippen molar-refractivity contribution >= 4 is 0 Å². The maximum atomic E-state index is 11.3. The molecule has 2 heterocycles. The SMILES string of the molecule is Cc1c(-c2ccccn2)[nH]c(=O)[nH]c1=O. The molecule has 5 nitrogen and oxygen atoms in total. The second-order valence-electron chi connectivity index (χ2n) is 3.12. The van der Waals surface area contributed by atoms with Crippen LogP contribution in [0.2, 0.25) is 0 Å². The van der Waals surface area contributed by atoms with Crippen LogP contribution in [-0.2, 0) is 0 Å². The molecule has 0 radical (unpaired) electrons. The number of pyridine rings is 1. The first-order valence-corrected chi connectivity index (χ1v) is 4.43. The van der Waals surface area contributed by atoms with Gasteiger partial charge in [-0.1, -0.05) is 6.07 Å². The monoisotopic (exact) mass is 203 g/mol. The summed E-state index contributed by atoms with van der Waals surface area (Å²) in [5, 5.41) is 0. The molecular formula is C10H9N3O2. The van der Waals surface area contributed by atoms with Gasteiger partial charge in [0.1, 0.15) is 0 Å². The number of H-pyrrole nitrogens is 2. The molecule has 0 unspecified atom stereocenters. The van der Waals surface area contributed by atoms with Crippen LogP contribution in [0.1, 0.15) is 5.56 Å². The molecule has 0 aromatic carbocycles. The number of hydrogen-bond acceptors (Lipinski definition) is 3. The Balaban J connectivity index is 2.74. The summed E-state index contributed by atoms with van der Waals surface area (Å²) in [5.74, 6) is 0. The fourth-order valence-corrected chi connectivity index (χ4v) is 1.32. The maximum Gasteiger partial charge on any atom is 0.326 e. The van der Waals surface area contributed by atoms with Crippen LogP contribution >= 0.6 is 0 Å². The average molecular weight is 203 g/mol. The third kappa shape index (κ3) is 1.71. The number of rotatable bonds is 1. The number of nitrogens with zero attached hydrogens (tertiary/aromatic N) is 1. The van der Waals surface area contributed by atoms with Crippen molar-refractivity contribution in [2.24, 2.45) is 0 Å². The van der Waals surface area contributed by atoms with Gasteiger partial charge in [0.25, 0.3) is 5.56 Å². The molecule has 0 bridgehead atoms. The Kier molecular flexibility index (Phi) is 2.21. The summed E-state index contributed by atoms with van der Waals surface area (Å²) >= 11 is 0. The number of aromatic nitrogens is 3. The molecule has 15 heavy (non-hydrogen) atoms. The molecule has 0 aliphatic carbocycles. The van der Waals surface area contributed by atoms with E-state index in [-0.39, 0.29) is 5.56 Å². The molecule has 0 spiro atoms. The van der Waals surface area contributed by atoms with Gasteiger partial charge >= 0.3 is 5.69 Å². The minimum absolute atomic E-state index is 0.389. The smallest absolute Gasteiger partial charge is 0.305 e. The van der Waals surface area contributed by atoms with Gasteiger partial charge in [0.05, 0.1) is 11.4 Å². The largest absolute Gasteiger partial charge is 0.326 e. The zero-order chi connectivity index (χ0) is 10.8. The van der Waals surface area contributed by atoms with Crippen LogP contribution in [0.25, 0.3) is 11.4 Å². The highest BCUT2D eigenvalue weighted by atomic mass is 16.2. The topological polar surface area (TPSA) is 78.6 Å². The van der Waals surface area contributed by atoms with E-state index >= 15 is 0 Å². The third-order valence-electron chi connectivity index (χ3n) is 2.10. The molecule has 2 aromatic heterocycles. The lowest BCUT2D eigenvalue weighted by Gasteiger charge is -2.02. The van der Waals surface area contributed by atoms with E-state index in [9.17, 15) is 9.59 Å². The highest BCUT2D eigenvalue weighted by Crippen LogP contribution is 2.12. The van der Waals surface area contributed by atoms with Crippen LogP contribution in [0, 0.1) is 6.92 Å². The number of nitrogens with one attached hydrogen (secondary N) is 2. The Morgan fingerprint density at radius 3 is 2.67 bits per heavy atom. The van der Waals surface area contributed by atoms with Gasteiger partial charge in [-0.25, -0.2) is 4.79 Å². The fourth-order valence-electron chi connectivity index (χ4n) is 1.32. The average Bonchev–Trinajstić information content (AvgIpc) is 2.24. The van der Waals surface area contributed by atoms with Crippen molar-refractivity contribution in [2.45, 2.75) is 6.92 Å². The minimum Gasteiger partial charge on any atom is -0.305 e. The van der Waals surface area contributed by atoms with E-state index in [4.69, 9.17) is 0 Å². The molecule has 0 saturated carbocycles. The Morgan fingerprint density at radius 2 is 2.00 bits per heavy atom. The predicted molar refractivity (Wildman–Crippen MR) is 55.7 cm³/mol. The first-order chi connectivity index (χ1) is 7.18. The lowest BCUT2D eigenvalue weighted by Crippen LogP contribution is -2.25. The van der Waals surface area contributed by atoms with Gasteiger partial charge in [0.15, 0.2) is 0 Å². The van der Waals surface area contributed by atoms with Crippen LogP contribution in [-0.4, -0.2) is 15.0 Å². The maximum absolute atomic E-state index is 11.3. The van der Waals surface area contributed by atoms with Gasteiger partial charge in [-0.05, 0) is 19.1 Å². The van der Waals surface area contributed by atoms with Crippen LogP contribution in [0.5, 0.6) is 0 Å². The molecule has 2 N–H and O–H groups in total. The number of hydrogen-bond donors (Lipinski definition) is 2. The summed E-state index contributed by atoms with van der Waals surface area (Å²) in [6.07, 6.45) is 1.61. The predicted octanol–water partition coefficient (Wildman–Crippen LogP) is 0.434. The molecule has 2 rings (SSSR count). The summed E-state index contributed by atoms with van der Waals surface area (Å²) < 4.78 is 0. The fraction of sp³-hybridized carbons (Fsp3) is 0.100. The van der Waals surface area contributed by atoms with E-state index in [1.165, 1.54) is 0 Å². The molecule has 2 aromatic rings. The van der Waals surface area contributed by atoms with Gasteiger partial charge in [-0.3, -0.25) is 14.8 Å². The van der Waals surface area contributed by atoms with Crippen LogP contribution in [0.3, 0.4) is 0 Å². The summed E-state index contributed by atoms with van der Waals surface area (Å²) in [7, 11) is 0. The molecular weight excluding hydrogens is 194 g/mol. The second-order valence-corrected chi connectivity index (χ2v) is 3.12. The van der Waals surface area contributed by atoms with Crippen molar-refractivity contribution in [2.75, 3.05) is 0 Å². The molecule has 0 atom stereocenters. The van der Waals surface area contributed by atoms with Crippen molar-refractivity contribution in [3.05, 3.63) is 50.8 Å².